The van der Waals surface area contributed by atoms with E-state index in [0.29, 0.717) is 51.7 Å². The molecule has 2 amide bonds. The van der Waals surface area contributed by atoms with Crippen LogP contribution in [0.25, 0.3) is 22.5 Å². The number of pyridine rings is 2. The Labute approximate surface area is 292 Å². The maximum Gasteiger partial charge on any atom is 0.451 e. The number of aromatic nitrogens is 6. The lowest BCUT2D eigenvalue weighted by Gasteiger charge is -2.16. The monoisotopic (exact) mass is 718 g/mol. The second kappa shape index (κ2) is 13.5. The van der Waals surface area contributed by atoms with Crippen LogP contribution in [-0.4, -0.2) is 46.6 Å². The van der Waals surface area contributed by atoms with Crippen LogP contribution in [0.4, 0.5) is 26.3 Å². The molecule has 8 rings (SSSR count). The molecule has 4 aromatic heterocycles. The summed E-state index contributed by atoms with van der Waals surface area (Å²) in [4.78, 5) is 49.1. The summed E-state index contributed by atoms with van der Waals surface area (Å²) < 4.78 is 75.7. The Balaban J connectivity index is 0.000000175. The molecule has 0 saturated heterocycles. The minimum Gasteiger partial charge on any atom is -0.326 e. The zero-order valence-electron chi connectivity index (χ0n) is 27.1. The van der Waals surface area contributed by atoms with Crippen LogP contribution in [0.5, 0.6) is 0 Å². The molecule has 5 aromatic rings. The molecule has 1 aliphatic heterocycles. The molecule has 3 aliphatic rings. The number of nitrogens with zero attached hydrogens (tertiary/aromatic N) is 7. The Bertz CT molecular complexity index is 2110. The summed E-state index contributed by atoms with van der Waals surface area (Å²) in [6.45, 7) is 0.403. The summed E-state index contributed by atoms with van der Waals surface area (Å²) >= 11 is 0. The van der Waals surface area contributed by atoms with Gasteiger partial charge in [-0.2, -0.15) is 26.3 Å². The van der Waals surface area contributed by atoms with E-state index in [4.69, 9.17) is 5.73 Å². The summed E-state index contributed by atoms with van der Waals surface area (Å²) in [5.74, 6) is -2.42. The molecule has 52 heavy (non-hydrogen) atoms. The Morgan fingerprint density at radius 2 is 1.04 bits per heavy atom. The third-order valence-electron chi connectivity index (χ3n) is 8.66. The van der Waals surface area contributed by atoms with Gasteiger partial charge in [0.2, 0.25) is 11.6 Å². The van der Waals surface area contributed by atoms with Crippen molar-refractivity contribution in [1.82, 2.24) is 34.8 Å². The predicted molar refractivity (Wildman–Crippen MR) is 173 cm³/mol. The fourth-order valence-corrected chi connectivity index (χ4v) is 5.68. The van der Waals surface area contributed by atoms with Crippen molar-refractivity contribution in [3.63, 3.8) is 0 Å². The van der Waals surface area contributed by atoms with Crippen LogP contribution < -0.4 is 5.73 Å². The second-order valence-corrected chi connectivity index (χ2v) is 12.7. The zero-order valence-corrected chi connectivity index (χ0v) is 27.1. The van der Waals surface area contributed by atoms with Gasteiger partial charge >= 0.3 is 12.4 Å². The maximum absolute atomic E-state index is 12.8. The van der Waals surface area contributed by atoms with Gasteiger partial charge in [0.25, 0.3) is 11.8 Å². The van der Waals surface area contributed by atoms with Crippen molar-refractivity contribution < 1.29 is 35.9 Å². The van der Waals surface area contributed by atoms with E-state index >= 15 is 0 Å². The highest BCUT2D eigenvalue weighted by atomic mass is 19.4. The van der Waals surface area contributed by atoms with Crippen molar-refractivity contribution in [2.45, 2.75) is 63.0 Å². The minimum atomic E-state index is -4.63. The van der Waals surface area contributed by atoms with Crippen LogP contribution >= 0.6 is 0 Å². The van der Waals surface area contributed by atoms with Crippen LogP contribution in [0.15, 0.2) is 73.3 Å². The Morgan fingerprint density at radius 1 is 0.635 bits per heavy atom. The number of benzene rings is 1. The molecule has 5 heterocycles. The van der Waals surface area contributed by atoms with Crippen molar-refractivity contribution in [3.8, 4) is 22.5 Å². The van der Waals surface area contributed by atoms with Crippen LogP contribution in [0.1, 0.15) is 92.4 Å². The maximum atomic E-state index is 12.8. The molecule has 10 nitrogen and oxygen atoms in total. The van der Waals surface area contributed by atoms with E-state index in [0.717, 1.165) is 67.4 Å². The first-order valence-corrected chi connectivity index (χ1v) is 16.2. The number of nitrogens with two attached hydrogens (primary N) is 1. The Kier molecular flexibility index (Phi) is 9.02. The topological polar surface area (TPSA) is 141 Å². The number of carbonyl (C=O) groups excluding carboxylic acids is 2. The Hall–Kier alpha value is -5.64. The quantitative estimate of drug-likeness (QED) is 0.138. The number of fused-ring (bicyclic) bond motifs is 1. The molecular weight excluding hydrogens is 690 g/mol. The lowest BCUT2D eigenvalue weighted by Crippen LogP contribution is -2.29. The van der Waals surface area contributed by atoms with Crippen molar-refractivity contribution in [2.75, 3.05) is 0 Å². The van der Waals surface area contributed by atoms with Gasteiger partial charge < -0.3 is 5.73 Å². The van der Waals surface area contributed by atoms with Gasteiger partial charge in [0.15, 0.2) is 0 Å². The molecule has 0 bridgehead atoms. The van der Waals surface area contributed by atoms with Crippen LogP contribution in [0, 0.1) is 0 Å². The van der Waals surface area contributed by atoms with E-state index in [2.05, 4.69) is 29.9 Å². The first-order valence-electron chi connectivity index (χ1n) is 16.2. The molecule has 16 heteroatoms. The van der Waals surface area contributed by atoms with Crippen LogP contribution in [0.3, 0.4) is 0 Å². The van der Waals surface area contributed by atoms with Crippen molar-refractivity contribution in [3.05, 3.63) is 119 Å². The number of imide groups is 1. The van der Waals surface area contributed by atoms with Gasteiger partial charge in [0.05, 0.1) is 29.1 Å². The van der Waals surface area contributed by atoms with Crippen molar-refractivity contribution in [2.24, 2.45) is 5.73 Å². The highest BCUT2D eigenvalue weighted by Gasteiger charge is 2.37. The van der Waals surface area contributed by atoms with Crippen molar-refractivity contribution >= 4 is 11.8 Å². The zero-order chi connectivity index (χ0) is 36.8. The van der Waals surface area contributed by atoms with Gasteiger partial charge in [-0.05, 0) is 73.2 Å². The SMILES string of the molecule is NCc1cc(-c2cnc(C(F)(F)F)nc2)nc(C2CC2)c1.O=C1c2ccccc2C(=O)N1Cc1cc(-c2cnc(C(F)(F)F)nc2)nc(C2CC2)c1. The van der Waals surface area contributed by atoms with E-state index < -0.39 is 24.0 Å². The van der Waals surface area contributed by atoms with E-state index in [-0.39, 0.29) is 24.3 Å². The average Bonchev–Trinajstić information content (AvgIpc) is 4.07. The number of amides is 2. The van der Waals surface area contributed by atoms with E-state index in [1.54, 1.807) is 36.4 Å². The van der Waals surface area contributed by atoms with Gasteiger partial charge in [-0.15, -0.1) is 0 Å². The van der Waals surface area contributed by atoms with Crippen molar-refractivity contribution in [1.29, 1.82) is 0 Å². The molecule has 0 spiro atoms. The summed E-state index contributed by atoms with van der Waals surface area (Å²) in [7, 11) is 0. The number of hydrogen-bond donors (Lipinski definition) is 1. The van der Waals surface area contributed by atoms with Gasteiger partial charge in [0.1, 0.15) is 0 Å². The van der Waals surface area contributed by atoms with Gasteiger partial charge in [-0.1, -0.05) is 12.1 Å². The summed E-state index contributed by atoms with van der Waals surface area (Å²) in [5, 5.41) is 0. The number of carbonyl (C=O) groups is 2. The largest absolute Gasteiger partial charge is 0.451 e. The van der Waals surface area contributed by atoms with E-state index in [1.165, 1.54) is 4.90 Å². The van der Waals surface area contributed by atoms with Gasteiger partial charge in [0, 0.05) is 65.7 Å². The Morgan fingerprint density at radius 3 is 1.42 bits per heavy atom. The highest BCUT2D eigenvalue weighted by Crippen LogP contribution is 2.41. The number of alkyl halides is 6. The third-order valence-corrected chi connectivity index (χ3v) is 8.66. The number of halogens is 6. The second-order valence-electron chi connectivity index (χ2n) is 12.7. The molecule has 2 aliphatic carbocycles. The highest BCUT2D eigenvalue weighted by molar-refractivity contribution is 6.21. The predicted octanol–water partition coefficient (Wildman–Crippen LogP) is 7.12. The first kappa shape index (κ1) is 34.8. The summed E-state index contributed by atoms with van der Waals surface area (Å²) in [6.07, 6.45) is -0.596. The first-order chi connectivity index (χ1) is 24.8. The number of hydrogen-bond acceptors (Lipinski definition) is 9. The van der Waals surface area contributed by atoms with Crippen LogP contribution in [-0.2, 0) is 25.4 Å². The van der Waals surface area contributed by atoms with E-state index in [1.807, 2.05) is 12.1 Å². The fraction of sp³-hybridized carbons (Fsp3) is 0.278. The standard InChI is InChI=1S/C22H15F3N4O2.C14H13F3N4/c23-22(24,25)21-26-9-14(10-27-21)18-8-12(7-17(28-18)13-5-6-13)11-29-19(30)15-3-1-2-4-16(15)20(29)31;15-14(16,17)13-19-6-10(7-20-13)12-4-8(5-18)3-11(21-12)9-1-2-9/h1-4,7-10,13H,5-6,11H2;3-4,6-7,9H,1-2,5,18H2. The summed E-state index contributed by atoms with van der Waals surface area (Å²) in [5.41, 5.74) is 11.4. The van der Waals surface area contributed by atoms with Gasteiger partial charge in [-0.3, -0.25) is 24.5 Å². The molecule has 2 N–H and O–H groups in total. The molecule has 1 aromatic carbocycles. The molecule has 0 radical (unpaired) electrons. The molecule has 0 unspecified atom stereocenters. The molecule has 2 saturated carbocycles. The molecule has 266 valence electrons. The molecular formula is C36H28F6N8O2. The minimum absolute atomic E-state index is 0.0447. The summed E-state index contributed by atoms with van der Waals surface area (Å²) in [6, 6.07) is 13.8. The number of rotatable bonds is 7. The fourth-order valence-electron chi connectivity index (χ4n) is 5.68. The van der Waals surface area contributed by atoms with Crippen LogP contribution in [0.2, 0.25) is 0 Å². The molecule has 2 fully saturated rings. The third kappa shape index (κ3) is 7.51. The normalized spacial score (nSPS) is 15.7. The molecule has 0 atom stereocenters. The smallest absolute Gasteiger partial charge is 0.326 e. The lowest BCUT2D eigenvalue weighted by atomic mass is 10.1. The lowest BCUT2D eigenvalue weighted by molar-refractivity contribution is -0.145. The average molecular weight is 719 g/mol. The van der Waals surface area contributed by atoms with Gasteiger partial charge in [-0.25, -0.2) is 19.9 Å². The van der Waals surface area contributed by atoms with E-state index in [9.17, 15) is 35.9 Å².